The molecule has 0 aromatic rings. The third kappa shape index (κ3) is 1.69. The highest BCUT2D eigenvalue weighted by Crippen LogP contribution is 2.61. The fraction of sp³-hybridized carbons (Fsp3) is 0.944. The van der Waals surface area contributed by atoms with Gasteiger partial charge in [0.05, 0.1) is 0 Å². The molecular weight excluding hydrogens is 232 g/mol. The van der Waals surface area contributed by atoms with Crippen LogP contribution >= 0.6 is 0 Å². The molecule has 1 heteroatoms. The van der Waals surface area contributed by atoms with Gasteiger partial charge in [-0.1, -0.05) is 26.2 Å². The minimum absolute atomic E-state index is 0.0860. The van der Waals surface area contributed by atoms with E-state index in [-0.39, 0.29) is 5.41 Å². The highest BCUT2D eigenvalue weighted by atomic mass is 16.1. The lowest BCUT2D eigenvalue weighted by Crippen LogP contribution is -2.48. The largest absolute Gasteiger partial charge is 0.299 e. The summed E-state index contributed by atoms with van der Waals surface area (Å²) in [5, 5.41) is 0. The predicted molar refractivity (Wildman–Crippen MR) is 76.7 cm³/mol. The van der Waals surface area contributed by atoms with Crippen LogP contribution in [0.25, 0.3) is 0 Å². The Morgan fingerprint density at radius 1 is 0.895 bits per heavy atom. The van der Waals surface area contributed by atoms with Crippen LogP contribution in [0.1, 0.15) is 71.1 Å². The molecule has 1 nitrogen and oxygen atoms in total. The molecule has 4 aliphatic rings. The molecule has 4 aliphatic carbocycles. The molecule has 0 N–H and O–H groups in total. The van der Waals surface area contributed by atoms with Crippen LogP contribution in [0.15, 0.2) is 0 Å². The quantitative estimate of drug-likeness (QED) is 0.622. The molecule has 4 fully saturated rings. The second kappa shape index (κ2) is 4.33. The number of rotatable bonds is 0. The molecule has 0 bridgehead atoms. The molecule has 106 valence electrons. The fourth-order valence-corrected chi connectivity index (χ4v) is 6.60. The Hall–Kier alpha value is -0.330. The van der Waals surface area contributed by atoms with Gasteiger partial charge >= 0.3 is 0 Å². The first-order chi connectivity index (χ1) is 9.20. The molecule has 6 atom stereocenters. The molecule has 0 heterocycles. The summed E-state index contributed by atoms with van der Waals surface area (Å²) < 4.78 is 0. The van der Waals surface area contributed by atoms with Crippen LogP contribution in [-0.2, 0) is 4.79 Å². The van der Waals surface area contributed by atoms with E-state index in [4.69, 9.17) is 0 Å². The van der Waals surface area contributed by atoms with Gasteiger partial charge in [-0.3, -0.25) is 4.79 Å². The summed E-state index contributed by atoms with van der Waals surface area (Å²) in [4.78, 5) is 12.3. The van der Waals surface area contributed by atoms with E-state index < -0.39 is 0 Å². The monoisotopic (exact) mass is 260 g/mol. The Morgan fingerprint density at radius 3 is 2.63 bits per heavy atom. The van der Waals surface area contributed by atoms with Gasteiger partial charge in [-0.25, -0.2) is 0 Å². The third-order valence-electron chi connectivity index (χ3n) is 7.59. The van der Waals surface area contributed by atoms with Crippen LogP contribution in [-0.4, -0.2) is 5.78 Å². The SMILES string of the molecule is CC12CCC3C4CCCCC4CCC3C1CCC2=O. The minimum atomic E-state index is 0.0860. The van der Waals surface area contributed by atoms with Gasteiger partial charge in [0, 0.05) is 11.8 Å². The van der Waals surface area contributed by atoms with Crippen molar-refractivity contribution in [2.24, 2.45) is 35.0 Å². The van der Waals surface area contributed by atoms with Gasteiger partial charge in [-0.15, -0.1) is 0 Å². The van der Waals surface area contributed by atoms with E-state index in [1.807, 2.05) is 0 Å². The molecule has 0 aromatic carbocycles. The highest BCUT2D eigenvalue weighted by molar-refractivity contribution is 5.87. The second-order valence-electron chi connectivity index (χ2n) is 8.14. The van der Waals surface area contributed by atoms with E-state index >= 15 is 0 Å². The van der Waals surface area contributed by atoms with Crippen molar-refractivity contribution in [2.45, 2.75) is 71.1 Å². The van der Waals surface area contributed by atoms with Crippen molar-refractivity contribution in [3.63, 3.8) is 0 Å². The van der Waals surface area contributed by atoms with E-state index in [1.54, 1.807) is 0 Å². The molecule has 0 saturated heterocycles. The lowest BCUT2D eigenvalue weighted by Gasteiger charge is -2.54. The van der Waals surface area contributed by atoms with Crippen molar-refractivity contribution >= 4 is 5.78 Å². The van der Waals surface area contributed by atoms with Gasteiger partial charge in [0.15, 0.2) is 0 Å². The molecule has 6 unspecified atom stereocenters. The number of hydrogen-bond donors (Lipinski definition) is 0. The van der Waals surface area contributed by atoms with Crippen LogP contribution in [0.5, 0.6) is 0 Å². The molecule has 0 aliphatic heterocycles. The topological polar surface area (TPSA) is 17.1 Å². The third-order valence-corrected chi connectivity index (χ3v) is 7.59. The first-order valence-corrected chi connectivity index (χ1v) is 8.73. The number of Topliss-reactive ketones (excluding diaryl/α,β-unsaturated/α-hetero) is 1. The number of carbonyl (C=O) groups is 1. The van der Waals surface area contributed by atoms with Gasteiger partial charge in [-0.2, -0.15) is 0 Å². The van der Waals surface area contributed by atoms with Crippen LogP contribution < -0.4 is 0 Å². The standard InChI is InChI=1S/C18H28O/c1-18-11-10-14-13-5-3-2-4-12(13)6-7-15(14)16(18)8-9-17(18)19/h12-16H,2-11H2,1H3. The lowest BCUT2D eigenvalue weighted by molar-refractivity contribution is -0.132. The maximum atomic E-state index is 12.3. The zero-order chi connectivity index (χ0) is 13.0. The molecule has 19 heavy (non-hydrogen) atoms. The van der Waals surface area contributed by atoms with Crippen LogP contribution in [0, 0.1) is 35.0 Å². The predicted octanol–water partition coefficient (Wildman–Crippen LogP) is 4.60. The Bertz CT molecular complexity index is 387. The van der Waals surface area contributed by atoms with Gasteiger partial charge in [0.2, 0.25) is 0 Å². The van der Waals surface area contributed by atoms with E-state index in [2.05, 4.69) is 6.92 Å². The van der Waals surface area contributed by atoms with E-state index in [9.17, 15) is 4.79 Å². The van der Waals surface area contributed by atoms with E-state index in [0.29, 0.717) is 5.78 Å². The lowest BCUT2D eigenvalue weighted by atomic mass is 9.51. The summed E-state index contributed by atoms with van der Waals surface area (Å²) >= 11 is 0. The smallest absolute Gasteiger partial charge is 0.139 e. The zero-order valence-electron chi connectivity index (χ0n) is 12.4. The minimum Gasteiger partial charge on any atom is -0.299 e. The number of hydrogen-bond acceptors (Lipinski definition) is 1. The van der Waals surface area contributed by atoms with Crippen molar-refractivity contribution in [3.05, 3.63) is 0 Å². The average molecular weight is 260 g/mol. The van der Waals surface area contributed by atoms with Gasteiger partial charge in [0.1, 0.15) is 5.78 Å². The summed E-state index contributed by atoms with van der Waals surface area (Å²) in [7, 11) is 0. The number of fused-ring (bicyclic) bond motifs is 5. The first-order valence-electron chi connectivity index (χ1n) is 8.73. The van der Waals surface area contributed by atoms with E-state index in [1.165, 1.54) is 57.8 Å². The van der Waals surface area contributed by atoms with Gasteiger partial charge in [0.25, 0.3) is 0 Å². The van der Waals surface area contributed by atoms with Gasteiger partial charge in [-0.05, 0) is 68.1 Å². The second-order valence-corrected chi connectivity index (χ2v) is 8.14. The summed E-state index contributed by atoms with van der Waals surface area (Å²) in [5.41, 5.74) is 0.0860. The summed E-state index contributed by atoms with van der Waals surface area (Å²) in [6.45, 7) is 2.30. The average Bonchev–Trinajstić information content (AvgIpc) is 2.75. The van der Waals surface area contributed by atoms with Crippen molar-refractivity contribution in [2.75, 3.05) is 0 Å². The van der Waals surface area contributed by atoms with Gasteiger partial charge < -0.3 is 0 Å². The molecule has 4 saturated carbocycles. The van der Waals surface area contributed by atoms with Crippen molar-refractivity contribution in [1.82, 2.24) is 0 Å². The van der Waals surface area contributed by atoms with Crippen LogP contribution in [0.3, 0.4) is 0 Å². The fourth-order valence-electron chi connectivity index (χ4n) is 6.60. The highest BCUT2D eigenvalue weighted by Gasteiger charge is 2.56. The van der Waals surface area contributed by atoms with Crippen molar-refractivity contribution in [1.29, 1.82) is 0 Å². The Morgan fingerprint density at radius 2 is 1.74 bits per heavy atom. The number of carbonyl (C=O) groups excluding carboxylic acids is 1. The van der Waals surface area contributed by atoms with Crippen molar-refractivity contribution < 1.29 is 4.79 Å². The molecule has 0 spiro atoms. The molecule has 0 radical (unpaired) electrons. The summed E-state index contributed by atoms with van der Waals surface area (Å²) in [6, 6.07) is 0. The Balaban J connectivity index is 1.61. The Labute approximate surface area is 117 Å². The maximum Gasteiger partial charge on any atom is 0.139 e. The Kier molecular flexibility index (Phi) is 2.83. The number of ketones is 1. The summed E-state index contributed by atoms with van der Waals surface area (Å²) in [5.74, 6) is 5.33. The summed E-state index contributed by atoms with van der Waals surface area (Å²) in [6.07, 6.45) is 13.6. The molecule has 0 aromatic heterocycles. The van der Waals surface area contributed by atoms with Crippen LogP contribution in [0.4, 0.5) is 0 Å². The normalized spacial score (nSPS) is 53.3. The van der Waals surface area contributed by atoms with E-state index in [0.717, 1.165) is 36.0 Å². The molecular formula is C18H28O. The first kappa shape index (κ1) is 12.4. The van der Waals surface area contributed by atoms with Crippen molar-refractivity contribution in [3.8, 4) is 0 Å². The van der Waals surface area contributed by atoms with Crippen LogP contribution in [0.2, 0.25) is 0 Å². The maximum absolute atomic E-state index is 12.3. The molecule has 4 rings (SSSR count). The molecule has 0 amide bonds. The zero-order valence-corrected chi connectivity index (χ0v) is 12.4.